The number of thiophene rings is 1. The maximum atomic E-state index is 6.34. The maximum absolute atomic E-state index is 6.34. The molecular formula is C12H10BrClS. The fraction of sp³-hybridized carbons (Fsp3) is 0.167. The average Bonchev–Trinajstić information content (AvgIpc) is 2.71. The Morgan fingerprint density at radius 1 is 1.20 bits per heavy atom. The summed E-state index contributed by atoms with van der Waals surface area (Å²) in [5, 5.41) is 4.29. The van der Waals surface area contributed by atoms with E-state index in [0.29, 0.717) is 0 Å². The van der Waals surface area contributed by atoms with Crippen molar-refractivity contribution in [2.45, 2.75) is 11.8 Å². The SMILES string of the molecule is ClC(Cc1ccsc1)c1ccc(Br)cc1. The van der Waals surface area contributed by atoms with Crippen LogP contribution in [0, 0.1) is 0 Å². The highest BCUT2D eigenvalue weighted by Gasteiger charge is 2.08. The smallest absolute Gasteiger partial charge is 0.0625 e. The Bertz CT molecular complexity index is 408. The molecule has 2 aromatic rings. The van der Waals surface area contributed by atoms with Gasteiger partial charge in [0.15, 0.2) is 0 Å². The molecule has 1 atom stereocenters. The van der Waals surface area contributed by atoms with Crippen molar-refractivity contribution in [3.05, 3.63) is 56.7 Å². The predicted molar refractivity (Wildman–Crippen MR) is 70.8 cm³/mol. The van der Waals surface area contributed by atoms with Gasteiger partial charge in [-0.25, -0.2) is 0 Å². The molecular weight excluding hydrogens is 292 g/mol. The first-order valence-corrected chi connectivity index (χ1v) is 6.83. The van der Waals surface area contributed by atoms with Gasteiger partial charge < -0.3 is 0 Å². The largest absolute Gasteiger partial charge is 0.152 e. The number of hydrogen-bond acceptors (Lipinski definition) is 1. The molecule has 0 spiro atoms. The van der Waals surface area contributed by atoms with E-state index in [2.05, 4.69) is 44.9 Å². The van der Waals surface area contributed by atoms with Crippen molar-refractivity contribution in [1.29, 1.82) is 0 Å². The summed E-state index contributed by atoms with van der Waals surface area (Å²) in [6, 6.07) is 10.3. The van der Waals surface area contributed by atoms with Gasteiger partial charge in [-0.05, 0) is 46.5 Å². The highest BCUT2D eigenvalue weighted by atomic mass is 79.9. The Hall–Kier alpha value is -0.310. The molecule has 0 saturated carbocycles. The third-order valence-corrected chi connectivity index (χ3v) is 3.89. The van der Waals surface area contributed by atoms with Gasteiger partial charge >= 0.3 is 0 Å². The van der Waals surface area contributed by atoms with Crippen LogP contribution in [0.1, 0.15) is 16.5 Å². The number of benzene rings is 1. The Labute approximate surface area is 107 Å². The molecule has 0 aliphatic rings. The minimum atomic E-state index is 0.0627. The second-order valence-corrected chi connectivity index (χ2v) is 5.58. The van der Waals surface area contributed by atoms with Gasteiger partial charge in [-0.3, -0.25) is 0 Å². The van der Waals surface area contributed by atoms with Crippen molar-refractivity contribution in [1.82, 2.24) is 0 Å². The van der Waals surface area contributed by atoms with E-state index in [1.54, 1.807) is 11.3 Å². The van der Waals surface area contributed by atoms with Crippen molar-refractivity contribution >= 4 is 38.9 Å². The minimum absolute atomic E-state index is 0.0627. The van der Waals surface area contributed by atoms with Crippen molar-refractivity contribution in [3.8, 4) is 0 Å². The lowest BCUT2D eigenvalue weighted by Gasteiger charge is -2.08. The summed E-state index contributed by atoms with van der Waals surface area (Å²) in [6.07, 6.45) is 0.896. The number of rotatable bonds is 3. The zero-order valence-corrected chi connectivity index (χ0v) is 11.1. The van der Waals surface area contributed by atoms with Crippen molar-refractivity contribution < 1.29 is 0 Å². The number of hydrogen-bond donors (Lipinski definition) is 0. The zero-order chi connectivity index (χ0) is 10.7. The van der Waals surface area contributed by atoms with Crippen LogP contribution in [0.4, 0.5) is 0 Å². The monoisotopic (exact) mass is 300 g/mol. The summed E-state index contributed by atoms with van der Waals surface area (Å²) < 4.78 is 1.09. The predicted octanol–water partition coefficient (Wildman–Crippen LogP) is 5.03. The normalized spacial score (nSPS) is 12.7. The Morgan fingerprint density at radius 3 is 2.53 bits per heavy atom. The van der Waals surface area contributed by atoms with E-state index in [-0.39, 0.29) is 5.38 Å². The Kier molecular flexibility index (Phi) is 3.84. The lowest BCUT2D eigenvalue weighted by atomic mass is 10.1. The van der Waals surface area contributed by atoms with E-state index in [1.165, 1.54) is 11.1 Å². The molecule has 0 N–H and O–H groups in total. The molecule has 0 aliphatic carbocycles. The molecule has 0 bridgehead atoms. The molecule has 1 aromatic heterocycles. The van der Waals surface area contributed by atoms with E-state index >= 15 is 0 Å². The first-order valence-electron chi connectivity index (χ1n) is 4.66. The molecule has 0 aliphatic heterocycles. The van der Waals surface area contributed by atoms with Crippen LogP contribution < -0.4 is 0 Å². The first-order chi connectivity index (χ1) is 7.25. The van der Waals surface area contributed by atoms with Gasteiger partial charge in [0.1, 0.15) is 0 Å². The molecule has 1 aromatic carbocycles. The van der Waals surface area contributed by atoms with Gasteiger partial charge in [-0.1, -0.05) is 28.1 Å². The molecule has 15 heavy (non-hydrogen) atoms. The van der Waals surface area contributed by atoms with E-state index in [0.717, 1.165) is 10.9 Å². The molecule has 0 nitrogen and oxygen atoms in total. The van der Waals surface area contributed by atoms with Crippen LogP contribution in [0.3, 0.4) is 0 Å². The minimum Gasteiger partial charge on any atom is -0.152 e. The van der Waals surface area contributed by atoms with E-state index in [4.69, 9.17) is 11.6 Å². The maximum Gasteiger partial charge on any atom is 0.0625 e. The summed E-state index contributed by atoms with van der Waals surface area (Å²) in [4.78, 5) is 0. The van der Waals surface area contributed by atoms with Crippen LogP contribution in [0.2, 0.25) is 0 Å². The van der Waals surface area contributed by atoms with Crippen LogP contribution >= 0.6 is 38.9 Å². The highest BCUT2D eigenvalue weighted by molar-refractivity contribution is 9.10. The Balaban J connectivity index is 2.08. The fourth-order valence-electron chi connectivity index (χ4n) is 1.41. The lowest BCUT2D eigenvalue weighted by Crippen LogP contribution is -1.94. The van der Waals surface area contributed by atoms with Crippen LogP contribution in [-0.4, -0.2) is 0 Å². The number of alkyl halides is 1. The molecule has 0 saturated heterocycles. The lowest BCUT2D eigenvalue weighted by molar-refractivity contribution is 0.924. The van der Waals surface area contributed by atoms with Crippen LogP contribution in [-0.2, 0) is 6.42 Å². The Morgan fingerprint density at radius 2 is 1.93 bits per heavy atom. The second-order valence-electron chi connectivity index (χ2n) is 3.35. The van der Waals surface area contributed by atoms with Gasteiger partial charge in [-0.2, -0.15) is 11.3 Å². The van der Waals surface area contributed by atoms with Gasteiger partial charge in [0.2, 0.25) is 0 Å². The summed E-state index contributed by atoms with van der Waals surface area (Å²) in [6.45, 7) is 0. The van der Waals surface area contributed by atoms with Crippen LogP contribution in [0.15, 0.2) is 45.6 Å². The molecule has 1 heterocycles. The first kappa shape index (κ1) is 11.2. The molecule has 78 valence electrons. The van der Waals surface area contributed by atoms with Gasteiger partial charge in [0.25, 0.3) is 0 Å². The van der Waals surface area contributed by atoms with Gasteiger partial charge in [-0.15, -0.1) is 11.6 Å². The van der Waals surface area contributed by atoms with E-state index in [9.17, 15) is 0 Å². The second kappa shape index (κ2) is 5.15. The molecule has 2 rings (SSSR count). The average molecular weight is 302 g/mol. The molecule has 3 heteroatoms. The summed E-state index contributed by atoms with van der Waals surface area (Å²) >= 11 is 11.5. The van der Waals surface area contributed by atoms with Crippen molar-refractivity contribution in [2.75, 3.05) is 0 Å². The molecule has 1 unspecified atom stereocenters. The summed E-state index contributed by atoms with van der Waals surface area (Å²) in [5.74, 6) is 0. The topological polar surface area (TPSA) is 0 Å². The standard InChI is InChI=1S/C12H10BrClS/c13-11-3-1-10(2-4-11)12(14)7-9-5-6-15-8-9/h1-6,8,12H,7H2. The molecule has 0 amide bonds. The molecule has 0 radical (unpaired) electrons. The van der Waals surface area contributed by atoms with Gasteiger partial charge in [0.05, 0.1) is 5.38 Å². The van der Waals surface area contributed by atoms with E-state index in [1.807, 2.05) is 12.1 Å². The third kappa shape index (κ3) is 3.07. The molecule has 0 fully saturated rings. The highest BCUT2D eigenvalue weighted by Crippen LogP contribution is 2.26. The quantitative estimate of drug-likeness (QED) is 0.697. The summed E-state index contributed by atoms with van der Waals surface area (Å²) in [7, 11) is 0. The van der Waals surface area contributed by atoms with E-state index < -0.39 is 0 Å². The van der Waals surface area contributed by atoms with Crippen LogP contribution in [0.25, 0.3) is 0 Å². The third-order valence-electron chi connectivity index (χ3n) is 2.23. The fourth-order valence-corrected chi connectivity index (χ4v) is 2.67. The van der Waals surface area contributed by atoms with Gasteiger partial charge in [0, 0.05) is 4.47 Å². The van der Waals surface area contributed by atoms with Crippen LogP contribution in [0.5, 0.6) is 0 Å². The zero-order valence-electron chi connectivity index (χ0n) is 7.99. The number of halogens is 2. The summed E-state index contributed by atoms with van der Waals surface area (Å²) in [5.41, 5.74) is 2.48. The van der Waals surface area contributed by atoms with Crippen molar-refractivity contribution in [3.63, 3.8) is 0 Å². The van der Waals surface area contributed by atoms with Crippen molar-refractivity contribution in [2.24, 2.45) is 0 Å².